The number of nitrogens with one attached hydrogen (secondary N) is 1. The average Bonchev–Trinajstić information content (AvgIpc) is 3.35. The highest BCUT2D eigenvalue weighted by Gasteiger charge is 2.18. The number of rotatable bonds is 7. The fourth-order valence-corrected chi connectivity index (χ4v) is 4.43. The van der Waals surface area contributed by atoms with Crippen molar-refractivity contribution >= 4 is 23.1 Å². The molecule has 0 bridgehead atoms. The van der Waals surface area contributed by atoms with Gasteiger partial charge < -0.3 is 10.2 Å². The number of benzene rings is 2. The fraction of sp³-hybridized carbons (Fsp3) is 0.259. The number of anilines is 1. The third kappa shape index (κ3) is 5.74. The lowest BCUT2D eigenvalue weighted by atomic mass is 10.00. The maximum absolute atomic E-state index is 13.1. The van der Waals surface area contributed by atoms with Crippen LogP contribution in [0.2, 0.25) is 0 Å². The number of thiazole rings is 1. The zero-order chi connectivity index (χ0) is 22.3. The monoisotopic (exact) mass is 443 g/mol. The van der Waals surface area contributed by atoms with Gasteiger partial charge in [-0.05, 0) is 68.0 Å². The normalized spacial score (nSPS) is 13.2. The molecule has 0 fully saturated rings. The Bertz CT molecular complexity index is 1100. The molecule has 0 unspecified atom stereocenters. The van der Waals surface area contributed by atoms with E-state index in [1.807, 2.05) is 48.5 Å². The summed E-state index contributed by atoms with van der Waals surface area (Å²) in [5, 5.41) is 6.03. The number of carbonyl (C=O) groups excluding carboxylic acids is 1. The molecule has 0 saturated heterocycles. The lowest BCUT2D eigenvalue weighted by Crippen LogP contribution is -2.39. The molecule has 3 aromatic rings. The van der Waals surface area contributed by atoms with E-state index in [4.69, 9.17) is 0 Å². The molecule has 32 heavy (non-hydrogen) atoms. The molecule has 1 heterocycles. The van der Waals surface area contributed by atoms with Gasteiger partial charge in [-0.3, -0.25) is 0 Å². The van der Waals surface area contributed by atoms with Gasteiger partial charge in [-0.15, -0.1) is 11.3 Å². The number of allylic oxidation sites excluding steroid dienone is 4. The van der Waals surface area contributed by atoms with Crippen LogP contribution in [0.5, 0.6) is 0 Å². The summed E-state index contributed by atoms with van der Waals surface area (Å²) in [5.74, 6) is 0. The Morgan fingerprint density at radius 2 is 1.97 bits per heavy atom. The van der Waals surface area contributed by atoms with Crippen molar-refractivity contribution < 1.29 is 4.79 Å². The van der Waals surface area contributed by atoms with Gasteiger partial charge in [-0.25, -0.2) is 9.78 Å². The van der Waals surface area contributed by atoms with Gasteiger partial charge in [0, 0.05) is 35.4 Å². The van der Waals surface area contributed by atoms with E-state index in [0.717, 1.165) is 41.1 Å². The van der Waals surface area contributed by atoms with Gasteiger partial charge in [-0.1, -0.05) is 48.6 Å². The zero-order valence-electron chi connectivity index (χ0n) is 18.6. The number of hydrogen-bond donors (Lipinski definition) is 1. The SMILES string of the molecule is CC(C)N(Cc1cccc(-c2nccs2)c1)C(=O)Nc1ccc(CC2=CCCC=C2)cc1. The summed E-state index contributed by atoms with van der Waals surface area (Å²) in [7, 11) is 0. The van der Waals surface area contributed by atoms with E-state index in [1.54, 1.807) is 11.3 Å². The third-order valence-corrected chi connectivity index (χ3v) is 6.35. The van der Waals surface area contributed by atoms with Crippen molar-refractivity contribution in [2.75, 3.05) is 5.32 Å². The molecule has 1 N–H and O–H groups in total. The minimum atomic E-state index is -0.0923. The first-order chi connectivity index (χ1) is 15.6. The Morgan fingerprint density at radius 1 is 1.12 bits per heavy atom. The Kier molecular flexibility index (Phi) is 7.17. The minimum absolute atomic E-state index is 0.0721. The molecule has 0 atom stereocenters. The predicted molar refractivity (Wildman–Crippen MR) is 134 cm³/mol. The minimum Gasteiger partial charge on any atom is -0.318 e. The van der Waals surface area contributed by atoms with E-state index >= 15 is 0 Å². The number of nitrogens with zero attached hydrogens (tertiary/aromatic N) is 2. The van der Waals surface area contributed by atoms with Crippen LogP contribution in [0.3, 0.4) is 0 Å². The highest BCUT2D eigenvalue weighted by atomic mass is 32.1. The van der Waals surface area contributed by atoms with Gasteiger partial charge in [0.05, 0.1) is 0 Å². The maximum atomic E-state index is 13.1. The summed E-state index contributed by atoms with van der Waals surface area (Å²) >= 11 is 1.62. The van der Waals surface area contributed by atoms with Crippen LogP contribution in [0.1, 0.15) is 37.8 Å². The van der Waals surface area contributed by atoms with Crippen LogP contribution in [0.25, 0.3) is 10.6 Å². The second-order valence-corrected chi connectivity index (χ2v) is 9.22. The largest absolute Gasteiger partial charge is 0.322 e. The molecule has 0 radical (unpaired) electrons. The topological polar surface area (TPSA) is 45.2 Å². The van der Waals surface area contributed by atoms with E-state index < -0.39 is 0 Å². The second kappa shape index (κ2) is 10.4. The highest BCUT2D eigenvalue weighted by molar-refractivity contribution is 7.13. The molecule has 4 rings (SSSR count). The van der Waals surface area contributed by atoms with Gasteiger partial charge in [0.15, 0.2) is 0 Å². The first kappa shape index (κ1) is 22.0. The van der Waals surface area contributed by atoms with Crippen molar-refractivity contribution in [2.45, 2.75) is 45.7 Å². The molecular weight excluding hydrogens is 414 g/mol. The molecule has 2 amide bonds. The molecule has 0 saturated carbocycles. The van der Waals surface area contributed by atoms with Crippen LogP contribution in [0, 0.1) is 0 Å². The van der Waals surface area contributed by atoms with Crippen LogP contribution in [0.15, 0.2) is 83.9 Å². The summed E-state index contributed by atoms with van der Waals surface area (Å²) in [5.41, 5.74) is 5.60. The van der Waals surface area contributed by atoms with Gasteiger partial charge in [-0.2, -0.15) is 0 Å². The molecule has 0 spiro atoms. The van der Waals surface area contributed by atoms with E-state index in [-0.39, 0.29) is 12.1 Å². The number of amides is 2. The van der Waals surface area contributed by atoms with E-state index in [2.05, 4.69) is 58.9 Å². The number of hydrogen-bond acceptors (Lipinski definition) is 3. The molecule has 0 aliphatic heterocycles. The Labute approximate surface area is 194 Å². The van der Waals surface area contributed by atoms with Crippen LogP contribution in [0.4, 0.5) is 10.5 Å². The quantitative estimate of drug-likeness (QED) is 0.424. The second-order valence-electron chi connectivity index (χ2n) is 8.32. The van der Waals surface area contributed by atoms with Crippen molar-refractivity contribution in [3.8, 4) is 10.6 Å². The van der Waals surface area contributed by atoms with Crippen molar-refractivity contribution in [3.63, 3.8) is 0 Å². The van der Waals surface area contributed by atoms with Crippen molar-refractivity contribution in [3.05, 3.63) is 95.0 Å². The summed E-state index contributed by atoms with van der Waals surface area (Å²) < 4.78 is 0. The van der Waals surface area contributed by atoms with E-state index in [0.29, 0.717) is 6.54 Å². The van der Waals surface area contributed by atoms with Gasteiger partial charge in [0.2, 0.25) is 0 Å². The van der Waals surface area contributed by atoms with Gasteiger partial charge in [0.25, 0.3) is 0 Å². The average molecular weight is 444 g/mol. The molecule has 5 heteroatoms. The third-order valence-electron chi connectivity index (χ3n) is 5.53. The maximum Gasteiger partial charge on any atom is 0.322 e. The summed E-state index contributed by atoms with van der Waals surface area (Å²) in [6, 6.07) is 16.4. The summed E-state index contributed by atoms with van der Waals surface area (Å²) in [4.78, 5) is 19.3. The van der Waals surface area contributed by atoms with Crippen LogP contribution >= 0.6 is 11.3 Å². The zero-order valence-corrected chi connectivity index (χ0v) is 19.4. The standard InChI is InChI=1S/C27H29N3OS/c1-20(2)30(19-23-9-6-10-24(18-23)26-28-15-16-32-26)27(31)29-25-13-11-22(12-14-25)17-21-7-4-3-5-8-21/h4,6-16,18,20H,3,5,17,19H2,1-2H3,(H,29,31). The predicted octanol–water partition coefficient (Wildman–Crippen LogP) is 7.07. The number of aromatic nitrogens is 1. The van der Waals surface area contributed by atoms with Gasteiger partial charge in [0.1, 0.15) is 5.01 Å². The number of urea groups is 1. The molecule has 164 valence electrons. The highest BCUT2D eigenvalue weighted by Crippen LogP contribution is 2.24. The van der Waals surface area contributed by atoms with Crippen LogP contribution in [-0.2, 0) is 13.0 Å². The Morgan fingerprint density at radius 3 is 2.66 bits per heavy atom. The first-order valence-corrected chi connectivity index (χ1v) is 12.0. The van der Waals surface area contributed by atoms with Crippen molar-refractivity contribution in [2.24, 2.45) is 0 Å². The molecule has 1 aliphatic carbocycles. The van der Waals surface area contributed by atoms with Crippen molar-refractivity contribution in [1.82, 2.24) is 9.88 Å². The Balaban J connectivity index is 1.41. The number of carbonyl (C=O) groups is 1. The molecule has 2 aromatic carbocycles. The van der Waals surface area contributed by atoms with Crippen LogP contribution < -0.4 is 5.32 Å². The summed E-state index contributed by atoms with van der Waals surface area (Å²) in [6.45, 7) is 4.62. The van der Waals surface area contributed by atoms with E-state index in [9.17, 15) is 4.79 Å². The first-order valence-electron chi connectivity index (χ1n) is 11.1. The fourth-order valence-electron chi connectivity index (χ4n) is 3.79. The van der Waals surface area contributed by atoms with E-state index in [1.165, 1.54) is 11.1 Å². The molecule has 4 nitrogen and oxygen atoms in total. The summed E-state index contributed by atoms with van der Waals surface area (Å²) in [6.07, 6.45) is 11.8. The molecule has 1 aliphatic rings. The molecule has 1 aromatic heterocycles. The Hall–Kier alpha value is -3.18. The molecular formula is C27H29N3OS. The van der Waals surface area contributed by atoms with Crippen LogP contribution in [-0.4, -0.2) is 22.0 Å². The lowest BCUT2D eigenvalue weighted by Gasteiger charge is -2.27. The van der Waals surface area contributed by atoms with Crippen molar-refractivity contribution in [1.29, 1.82) is 0 Å². The van der Waals surface area contributed by atoms with Gasteiger partial charge >= 0.3 is 6.03 Å². The smallest absolute Gasteiger partial charge is 0.318 e. The lowest BCUT2D eigenvalue weighted by molar-refractivity contribution is 0.193.